The number of methoxy groups -OCH3 is 1. The second-order valence-corrected chi connectivity index (χ2v) is 4.67. The number of hydrogen-bond donors (Lipinski definition) is 1. The van der Waals surface area contributed by atoms with Crippen molar-refractivity contribution >= 4 is 23.0 Å². The van der Waals surface area contributed by atoms with E-state index >= 15 is 0 Å². The van der Waals surface area contributed by atoms with Crippen LogP contribution in [-0.2, 0) is 6.54 Å². The molecule has 0 aliphatic carbocycles. The van der Waals surface area contributed by atoms with E-state index in [9.17, 15) is 0 Å². The molecule has 0 radical (unpaired) electrons. The van der Waals surface area contributed by atoms with Crippen molar-refractivity contribution in [3.05, 3.63) is 53.1 Å². The molecule has 0 bridgehead atoms. The monoisotopic (exact) mass is 276 g/mol. The van der Waals surface area contributed by atoms with Crippen LogP contribution < -0.4 is 15.4 Å². The Hall–Kier alpha value is -1.71. The Kier molecular flexibility index (Phi) is 4.30. The number of benzene rings is 2. The molecule has 0 aliphatic heterocycles. The summed E-state index contributed by atoms with van der Waals surface area (Å²) in [6, 6.07) is 13.6. The molecule has 2 N–H and O–H groups in total. The van der Waals surface area contributed by atoms with Crippen LogP contribution in [0.15, 0.2) is 42.5 Å². The number of halogens is 1. The summed E-state index contributed by atoms with van der Waals surface area (Å²) in [5.74, 6) is 0.826. The van der Waals surface area contributed by atoms with E-state index in [2.05, 4.69) is 4.90 Å². The summed E-state index contributed by atoms with van der Waals surface area (Å²) in [4.78, 5) is 2.07. The van der Waals surface area contributed by atoms with Gasteiger partial charge in [-0.2, -0.15) is 0 Å². The van der Waals surface area contributed by atoms with Crippen LogP contribution in [0.5, 0.6) is 5.75 Å². The van der Waals surface area contributed by atoms with E-state index in [0.717, 1.165) is 22.7 Å². The second kappa shape index (κ2) is 5.95. The van der Waals surface area contributed by atoms with E-state index in [4.69, 9.17) is 22.1 Å². The minimum absolute atomic E-state index is 0.449. The topological polar surface area (TPSA) is 38.5 Å². The maximum atomic E-state index is 6.00. The fraction of sp³-hybridized carbons (Fsp3) is 0.200. The average molecular weight is 277 g/mol. The summed E-state index contributed by atoms with van der Waals surface area (Å²) >= 11 is 6.00. The molecule has 0 aliphatic rings. The van der Waals surface area contributed by atoms with Gasteiger partial charge >= 0.3 is 0 Å². The quantitative estimate of drug-likeness (QED) is 0.928. The number of ether oxygens (including phenoxy) is 1. The molecule has 0 fully saturated rings. The number of nitrogens with two attached hydrogens (primary N) is 1. The van der Waals surface area contributed by atoms with Crippen LogP contribution in [0, 0.1) is 0 Å². The smallest absolute Gasteiger partial charge is 0.120 e. The van der Waals surface area contributed by atoms with Crippen molar-refractivity contribution in [1.82, 2.24) is 0 Å². The molecule has 0 amide bonds. The molecule has 2 aromatic rings. The maximum absolute atomic E-state index is 6.00. The van der Waals surface area contributed by atoms with E-state index in [0.29, 0.717) is 11.6 Å². The van der Waals surface area contributed by atoms with Crippen LogP contribution in [0.2, 0.25) is 5.02 Å². The highest BCUT2D eigenvalue weighted by molar-refractivity contribution is 6.30. The van der Waals surface area contributed by atoms with Gasteiger partial charge in [0, 0.05) is 36.1 Å². The minimum Gasteiger partial charge on any atom is -0.497 e. The van der Waals surface area contributed by atoms with E-state index < -0.39 is 0 Å². The molecule has 2 aromatic carbocycles. The zero-order chi connectivity index (χ0) is 13.8. The van der Waals surface area contributed by atoms with Crippen molar-refractivity contribution in [2.45, 2.75) is 6.54 Å². The molecular formula is C15H17ClN2O. The van der Waals surface area contributed by atoms with Crippen LogP contribution in [0.1, 0.15) is 5.56 Å². The van der Waals surface area contributed by atoms with Gasteiger partial charge < -0.3 is 15.4 Å². The Bertz CT molecular complexity index is 572. The molecule has 0 aromatic heterocycles. The van der Waals surface area contributed by atoms with E-state index in [1.165, 1.54) is 0 Å². The Morgan fingerprint density at radius 3 is 2.68 bits per heavy atom. The molecule has 4 heteroatoms. The third-order valence-corrected chi connectivity index (χ3v) is 3.30. The molecule has 0 saturated heterocycles. The van der Waals surface area contributed by atoms with Crippen LogP contribution in [0.25, 0.3) is 0 Å². The van der Waals surface area contributed by atoms with Gasteiger partial charge in [-0.3, -0.25) is 0 Å². The van der Waals surface area contributed by atoms with Crippen molar-refractivity contribution < 1.29 is 4.74 Å². The molecule has 0 heterocycles. The average Bonchev–Trinajstić information content (AvgIpc) is 2.46. The Balaban J connectivity index is 2.40. The first kappa shape index (κ1) is 13.7. The van der Waals surface area contributed by atoms with Crippen LogP contribution in [0.3, 0.4) is 0 Å². The van der Waals surface area contributed by atoms with E-state index in [-0.39, 0.29) is 0 Å². The van der Waals surface area contributed by atoms with Gasteiger partial charge in [0.05, 0.1) is 7.11 Å². The molecule has 19 heavy (non-hydrogen) atoms. The van der Waals surface area contributed by atoms with Gasteiger partial charge in [0.1, 0.15) is 5.75 Å². The zero-order valence-corrected chi connectivity index (χ0v) is 11.8. The van der Waals surface area contributed by atoms with Crippen molar-refractivity contribution in [3.63, 3.8) is 0 Å². The fourth-order valence-corrected chi connectivity index (χ4v) is 2.20. The third-order valence-electron chi connectivity index (χ3n) is 3.06. The largest absolute Gasteiger partial charge is 0.497 e. The lowest BCUT2D eigenvalue weighted by molar-refractivity contribution is 0.415. The van der Waals surface area contributed by atoms with Gasteiger partial charge in [0.15, 0.2) is 0 Å². The highest BCUT2D eigenvalue weighted by Crippen LogP contribution is 2.30. The van der Waals surface area contributed by atoms with E-state index in [1.54, 1.807) is 7.11 Å². The fourth-order valence-electron chi connectivity index (χ4n) is 2.00. The minimum atomic E-state index is 0.449. The van der Waals surface area contributed by atoms with Crippen molar-refractivity contribution in [2.75, 3.05) is 19.1 Å². The standard InChI is InChI=1S/C15H17ClN2O/c1-18(13-4-3-5-14(9-13)19-2)15-7-6-12(16)8-11(15)10-17/h3-9H,10,17H2,1-2H3. The first-order chi connectivity index (χ1) is 9.15. The summed E-state index contributed by atoms with van der Waals surface area (Å²) in [6.07, 6.45) is 0. The molecular weight excluding hydrogens is 260 g/mol. The number of rotatable bonds is 4. The van der Waals surface area contributed by atoms with Crippen LogP contribution >= 0.6 is 11.6 Å². The molecule has 2 rings (SSSR count). The molecule has 0 atom stereocenters. The number of anilines is 2. The summed E-state index contributed by atoms with van der Waals surface area (Å²) in [5.41, 5.74) is 8.87. The van der Waals surface area contributed by atoms with Gasteiger partial charge in [0.25, 0.3) is 0 Å². The highest BCUT2D eigenvalue weighted by atomic mass is 35.5. The van der Waals surface area contributed by atoms with Gasteiger partial charge in [-0.1, -0.05) is 17.7 Å². The lowest BCUT2D eigenvalue weighted by atomic mass is 10.1. The summed E-state index contributed by atoms with van der Waals surface area (Å²) < 4.78 is 5.24. The molecule has 100 valence electrons. The SMILES string of the molecule is COc1cccc(N(C)c2ccc(Cl)cc2CN)c1. The first-order valence-electron chi connectivity index (χ1n) is 6.02. The van der Waals surface area contributed by atoms with Gasteiger partial charge in [-0.25, -0.2) is 0 Å². The Morgan fingerprint density at radius 1 is 1.21 bits per heavy atom. The molecule has 0 saturated carbocycles. The van der Waals surface area contributed by atoms with Gasteiger partial charge in [-0.05, 0) is 35.9 Å². The van der Waals surface area contributed by atoms with Crippen molar-refractivity contribution in [2.24, 2.45) is 5.73 Å². The normalized spacial score (nSPS) is 10.3. The van der Waals surface area contributed by atoms with Crippen LogP contribution in [0.4, 0.5) is 11.4 Å². The lowest BCUT2D eigenvalue weighted by Crippen LogP contribution is -2.13. The van der Waals surface area contributed by atoms with E-state index in [1.807, 2.05) is 49.5 Å². The number of nitrogens with zero attached hydrogens (tertiary/aromatic N) is 1. The molecule has 0 spiro atoms. The van der Waals surface area contributed by atoms with Crippen molar-refractivity contribution in [1.29, 1.82) is 0 Å². The number of hydrogen-bond acceptors (Lipinski definition) is 3. The van der Waals surface area contributed by atoms with Gasteiger partial charge in [-0.15, -0.1) is 0 Å². The van der Waals surface area contributed by atoms with Crippen LogP contribution in [-0.4, -0.2) is 14.2 Å². The summed E-state index contributed by atoms with van der Waals surface area (Å²) in [6.45, 7) is 0.449. The predicted molar refractivity (Wildman–Crippen MR) is 80.4 cm³/mol. The third kappa shape index (κ3) is 3.00. The predicted octanol–water partition coefficient (Wildman–Crippen LogP) is 3.58. The molecule has 3 nitrogen and oxygen atoms in total. The first-order valence-corrected chi connectivity index (χ1v) is 6.39. The molecule has 0 unspecified atom stereocenters. The second-order valence-electron chi connectivity index (χ2n) is 4.24. The Morgan fingerprint density at radius 2 is 2.00 bits per heavy atom. The van der Waals surface area contributed by atoms with Gasteiger partial charge in [0.2, 0.25) is 0 Å². The summed E-state index contributed by atoms with van der Waals surface area (Å²) in [5, 5.41) is 0.697. The Labute approximate surface area is 118 Å². The maximum Gasteiger partial charge on any atom is 0.120 e. The van der Waals surface area contributed by atoms with Crippen molar-refractivity contribution in [3.8, 4) is 5.75 Å². The highest BCUT2D eigenvalue weighted by Gasteiger charge is 2.09. The summed E-state index contributed by atoms with van der Waals surface area (Å²) in [7, 11) is 3.66. The zero-order valence-electron chi connectivity index (χ0n) is 11.1. The lowest BCUT2D eigenvalue weighted by Gasteiger charge is -2.23.